The maximum Gasteiger partial charge on any atom is 0.322 e. The lowest BCUT2D eigenvalue weighted by atomic mass is 10.3. The fraction of sp³-hybridized carbons (Fsp3) is 0.833. The van der Waals surface area contributed by atoms with Crippen molar-refractivity contribution >= 4 is 57.8 Å². The lowest BCUT2D eigenvalue weighted by Crippen LogP contribution is -2.34. The van der Waals surface area contributed by atoms with Crippen LogP contribution >= 0.6 is 51.8 Å². The minimum absolute atomic E-state index is 0. The fourth-order valence-corrected chi connectivity index (χ4v) is 0.559. The van der Waals surface area contributed by atoms with Gasteiger partial charge in [-0.3, -0.25) is 4.79 Å². The summed E-state index contributed by atoms with van der Waals surface area (Å²) >= 11 is 16.1. The molecule has 0 amide bonds. The summed E-state index contributed by atoms with van der Waals surface area (Å²) in [7, 11) is 1.64. The number of nitrogens with one attached hydrogen (secondary N) is 1. The number of carbonyl (C=O) groups is 1. The third-order valence-corrected chi connectivity index (χ3v) is 1.49. The van der Waals surface area contributed by atoms with E-state index >= 15 is 0 Å². The van der Waals surface area contributed by atoms with Crippen LogP contribution in [0, 0.1) is 0 Å². The normalized spacial score (nSPS) is 13.0. The van der Waals surface area contributed by atoms with Crippen molar-refractivity contribution in [1.82, 2.24) is 5.32 Å². The molecule has 0 aromatic carbocycles. The summed E-state index contributed by atoms with van der Waals surface area (Å²) in [4.78, 5) is 11.0. The van der Waals surface area contributed by atoms with Gasteiger partial charge in [0.15, 0.2) is 0 Å². The molecule has 0 saturated carbocycles. The minimum Gasteiger partial charge on any atom is -0.460 e. The van der Waals surface area contributed by atoms with Gasteiger partial charge in [-0.05, 0) is 14.0 Å². The number of halogens is 4. The number of likely N-dealkylation sites (N-methyl/N-ethyl adjacent to an activating group) is 1. The Labute approximate surface area is 103 Å². The Balaban J connectivity index is 0. The van der Waals surface area contributed by atoms with Crippen molar-refractivity contribution in [3.63, 3.8) is 0 Å². The second kappa shape index (κ2) is 7.12. The van der Waals surface area contributed by atoms with Gasteiger partial charge in [0.05, 0.1) is 0 Å². The summed E-state index contributed by atoms with van der Waals surface area (Å²) in [5, 5.41) is 2.70. The van der Waals surface area contributed by atoms with E-state index in [1.54, 1.807) is 14.0 Å². The summed E-state index contributed by atoms with van der Waals surface area (Å²) in [5.41, 5.74) is 0. The predicted octanol–water partition coefficient (Wildman–Crippen LogP) is 2.09. The maximum absolute atomic E-state index is 11.0. The molecule has 0 rings (SSSR count). The molecule has 0 aliphatic heterocycles. The molecule has 0 unspecified atom stereocenters. The molecule has 1 atom stereocenters. The lowest BCUT2D eigenvalue weighted by molar-refractivity contribution is -0.145. The van der Waals surface area contributed by atoms with E-state index in [1.807, 2.05) is 0 Å². The van der Waals surface area contributed by atoms with Crippen LogP contribution in [-0.2, 0) is 9.53 Å². The van der Waals surface area contributed by atoms with Gasteiger partial charge in [-0.25, -0.2) is 0 Å². The predicted molar refractivity (Wildman–Crippen MR) is 60.1 cm³/mol. The van der Waals surface area contributed by atoms with Crippen LogP contribution in [0.5, 0.6) is 0 Å². The smallest absolute Gasteiger partial charge is 0.322 e. The van der Waals surface area contributed by atoms with Gasteiger partial charge in [-0.2, -0.15) is 0 Å². The quantitative estimate of drug-likeness (QED) is 0.640. The van der Waals surface area contributed by atoms with Crippen molar-refractivity contribution in [2.75, 3.05) is 13.7 Å². The van der Waals surface area contributed by atoms with Gasteiger partial charge in [0.25, 0.3) is 0 Å². The Morgan fingerprint density at radius 1 is 1.54 bits per heavy atom. The van der Waals surface area contributed by atoms with Crippen LogP contribution in [0.3, 0.4) is 0 Å². The van der Waals surface area contributed by atoms with Gasteiger partial charge in [0, 0.05) is 0 Å². The first-order valence-electron chi connectivity index (χ1n) is 3.27. The van der Waals surface area contributed by atoms with Crippen LogP contribution in [0.15, 0.2) is 0 Å². The second-order valence-corrected chi connectivity index (χ2v) is 4.75. The fourth-order valence-electron chi connectivity index (χ4n) is 0.396. The highest BCUT2D eigenvalue weighted by Crippen LogP contribution is 2.25. The average molecular weight is 315 g/mol. The molecule has 0 saturated heterocycles. The number of rotatable bonds is 3. The number of esters is 1. The maximum atomic E-state index is 11.0. The van der Waals surface area contributed by atoms with Gasteiger partial charge in [-0.1, -0.05) is 34.8 Å². The molecule has 0 fully saturated rings. The summed E-state index contributed by atoms with van der Waals surface area (Å²) in [6.45, 7) is 1.42. The largest absolute Gasteiger partial charge is 0.460 e. The third kappa shape index (κ3) is 9.09. The molecule has 0 aliphatic rings. The van der Waals surface area contributed by atoms with E-state index in [-0.39, 0.29) is 23.6 Å². The van der Waals surface area contributed by atoms with E-state index in [4.69, 9.17) is 34.8 Å². The van der Waals surface area contributed by atoms with E-state index in [0.29, 0.717) is 0 Å². The highest BCUT2D eigenvalue weighted by Gasteiger charge is 2.23. The first-order valence-corrected chi connectivity index (χ1v) is 4.41. The van der Waals surface area contributed by atoms with E-state index in [2.05, 4.69) is 10.1 Å². The molecular formula is C6H11BrCl3NO2. The first kappa shape index (κ1) is 16.2. The number of carbonyl (C=O) groups excluding carboxylic acids is 1. The molecule has 0 aliphatic carbocycles. The molecule has 0 aromatic rings. The van der Waals surface area contributed by atoms with Crippen LogP contribution in [0.2, 0.25) is 0 Å². The van der Waals surface area contributed by atoms with Crippen molar-refractivity contribution < 1.29 is 9.53 Å². The van der Waals surface area contributed by atoms with Crippen LogP contribution in [0.25, 0.3) is 0 Å². The number of alkyl halides is 3. The molecule has 13 heavy (non-hydrogen) atoms. The Bertz CT molecular complexity index is 162. The molecule has 0 aromatic heterocycles. The standard InChI is InChI=1S/C6H10Cl3NO2.BrH/c1-4(10-2)5(11)12-3-6(7,8)9;/h4,10H,3H2,1-2H3;1H/t4-;/m0./s1. The average Bonchev–Trinajstić information content (AvgIpc) is 1.97. The summed E-state index contributed by atoms with van der Waals surface area (Å²) in [6, 6.07) is -0.391. The van der Waals surface area contributed by atoms with E-state index in [1.165, 1.54) is 0 Å². The van der Waals surface area contributed by atoms with Crippen molar-refractivity contribution in [2.45, 2.75) is 16.8 Å². The molecule has 80 valence electrons. The van der Waals surface area contributed by atoms with Gasteiger partial charge in [0.2, 0.25) is 3.79 Å². The Kier molecular flexibility index (Phi) is 8.89. The highest BCUT2D eigenvalue weighted by atomic mass is 79.9. The Morgan fingerprint density at radius 2 is 2.00 bits per heavy atom. The number of hydrogen-bond donors (Lipinski definition) is 1. The number of hydrogen-bond acceptors (Lipinski definition) is 3. The minimum atomic E-state index is -1.54. The molecule has 0 radical (unpaired) electrons. The van der Waals surface area contributed by atoms with E-state index in [9.17, 15) is 4.79 Å². The van der Waals surface area contributed by atoms with Crippen molar-refractivity contribution in [1.29, 1.82) is 0 Å². The van der Waals surface area contributed by atoms with Crippen LogP contribution < -0.4 is 5.32 Å². The van der Waals surface area contributed by atoms with Gasteiger partial charge in [0.1, 0.15) is 12.6 Å². The van der Waals surface area contributed by atoms with Crippen molar-refractivity contribution in [2.24, 2.45) is 0 Å². The Hall–Kier alpha value is 0.780. The van der Waals surface area contributed by atoms with Gasteiger partial charge in [-0.15, -0.1) is 17.0 Å². The zero-order valence-electron chi connectivity index (χ0n) is 7.14. The molecule has 3 nitrogen and oxygen atoms in total. The molecule has 0 heterocycles. The molecular weight excluding hydrogens is 304 g/mol. The first-order chi connectivity index (χ1) is 5.37. The zero-order chi connectivity index (χ0) is 9.78. The summed E-state index contributed by atoms with van der Waals surface area (Å²) in [6.07, 6.45) is 0. The number of ether oxygens (including phenoxy) is 1. The lowest BCUT2D eigenvalue weighted by Gasteiger charge is -2.14. The van der Waals surface area contributed by atoms with Crippen LogP contribution in [0.4, 0.5) is 0 Å². The van der Waals surface area contributed by atoms with Crippen molar-refractivity contribution in [3.8, 4) is 0 Å². The molecule has 1 N–H and O–H groups in total. The van der Waals surface area contributed by atoms with Gasteiger partial charge < -0.3 is 10.1 Å². The van der Waals surface area contributed by atoms with Crippen LogP contribution in [0.1, 0.15) is 6.92 Å². The van der Waals surface area contributed by atoms with E-state index < -0.39 is 15.8 Å². The van der Waals surface area contributed by atoms with Crippen molar-refractivity contribution in [3.05, 3.63) is 0 Å². The second-order valence-electron chi connectivity index (χ2n) is 2.23. The highest BCUT2D eigenvalue weighted by molar-refractivity contribution is 8.93. The summed E-state index contributed by atoms with van der Waals surface area (Å²) in [5.74, 6) is -0.441. The summed E-state index contributed by atoms with van der Waals surface area (Å²) < 4.78 is 3.12. The van der Waals surface area contributed by atoms with Crippen LogP contribution in [-0.4, -0.2) is 29.5 Å². The molecule has 7 heteroatoms. The molecule has 0 bridgehead atoms. The molecule has 0 spiro atoms. The Morgan fingerprint density at radius 3 is 2.31 bits per heavy atom. The van der Waals surface area contributed by atoms with Gasteiger partial charge >= 0.3 is 5.97 Å². The third-order valence-electron chi connectivity index (χ3n) is 1.16. The van der Waals surface area contributed by atoms with E-state index in [0.717, 1.165) is 0 Å². The zero-order valence-corrected chi connectivity index (χ0v) is 11.1. The monoisotopic (exact) mass is 313 g/mol. The topological polar surface area (TPSA) is 38.3 Å². The SMILES string of the molecule is Br.CN[C@@H](C)C(=O)OCC(Cl)(Cl)Cl.